The van der Waals surface area contributed by atoms with Crippen LogP contribution in [0.2, 0.25) is 0 Å². The Morgan fingerprint density at radius 2 is 2.00 bits per heavy atom. The highest BCUT2D eigenvalue weighted by atomic mass is 79.9. The number of aromatic nitrogens is 1. The first kappa shape index (κ1) is 14.9. The number of nitrogens with zero attached hydrogens (tertiary/aromatic N) is 1. The molecule has 0 amide bonds. The van der Waals surface area contributed by atoms with Gasteiger partial charge in [0, 0.05) is 5.33 Å². The fraction of sp³-hybridized carbons (Fsp3) is 0.444. The van der Waals surface area contributed by atoms with Crippen molar-refractivity contribution in [2.24, 2.45) is 0 Å². The molecule has 0 saturated carbocycles. The van der Waals surface area contributed by atoms with Crippen molar-refractivity contribution in [3.63, 3.8) is 0 Å². The van der Waals surface area contributed by atoms with Crippen molar-refractivity contribution < 1.29 is 31.4 Å². The number of alkyl halides is 6. The fourth-order valence-electron chi connectivity index (χ4n) is 1.23. The summed E-state index contributed by atoms with van der Waals surface area (Å²) >= 11 is 2.85. The first-order valence-corrected chi connectivity index (χ1v) is 5.58. The number of hydrogen-bond donors (Lipinski definition) is 0. The molecule has 1 aromatic heterocycles. The molecule has 0 bridgehead atoms. The minimum Gasteiger partial charge on any atom is -0.494 e. The average Bonchev–Trinajstić information content (AvgIpc) is 2.25. The molecule has 0 atom stereocenters. The molecule has 0 unspecified atom stereocenters. The number of pyridine rings is 1. The molecular formula is C9H7BrF5NO2. The van der Waals surface area contributed by atoms with Crippen molar-refractivity contribution in [1.82, 2.24) is 4.98 Å². The second-order valence-electron chi connectivity index (χ2n) is 3.00. The van der Waals surface area contributed by atoms with E-state index in [4.69, 9.17) is 0 Å². The van der Waals surface area contributed by atoms with Crippen molar-refractivity contribution >= 4 is 15.9 Å². The van der Waals surface area contributed by atoms with Gasteiger partial charge in [-0.1, -0.05) is 15.9 Å². The molecule has 1 heterocycles. The molecule has 0 N–H and O–H groups in total. The summed E-state index contributed by atoms with van der Waals surface area (Å²) in [6.07, 6.45) is -7.35. The molecule has 1 aromatic rings. The molecule has 0 aliphatic carbocycles. The predicted octanol–water partition coefficient (Wildman–Crippen LogP) is 3.82. The molecule has 0 aliphatic rings. The van der Waals surface area contributed by atoms with E-state index in [0.717, 1.165) is 13.3 Å². The summed E-state index contributed by atoms with van der Waals surface area (Å²) in [7, 11) is 1.05. The molecule has 18 heavy (non-hydrogen) atoms. The SMILES string of the molecule is COc1cnc(CBr)c(OC(F)(F)F)c1C(F)F. The summed E-state index contributed by atoms with van der Waals surface area (Å²) in [5, 5.41) is -0.165. The summed E-state index contributed by atoms with van der Waals surface area (Å²) in [5.74, 6) is -1.50. The fourth-order valence-corrected chi connectivity index (χ4v) is 1.63. The third-order valence-corrected chi connectivity index (χ3v) is 2.42. The van der Waals surface area contributed by atoms with Gasteiger partial charge < -0.3 is 9.47 Å². The van der Waals surface area contributed by atoms with Gasteiger partial charge in [0.05, 0.1) is 19.0 Å². The van der Waals surface area contributed by atoms with Crippen molar-refractivity contribution in [2.75, 3.05) is 7.11 Å². The van der Waals surface area contributed by atoms with Crippen molar-refractivity contribution in [3.8, 4) is 11.5 Å². The lowest BCUT2D eigenvalue weighted by molar-refractivity contribution is -0.275. The normalized spacial score (nSPS) is 11.8. The Kier molecular flexibility index (Phi) is 4.71. The van der Waals surface area contributed by atoms with Gasteiger partial charge in [0.2, 0.25) is 0 Å². The quantitative estimate of drug-likeness (QED) is 0.619. The molecule has 102 valence electrons. The van der Waals surface area contributed by atoms with Crippen LogP contribution in [0, 0.1) is 0 Å². The van der Waals surface area contributed by atoms with Crippen LogP contribution in [0.1, 0.15) is 17.7 Å². The van der Waals surface area contributed by atoms with Gasteiger partial charge in [-0.3, -0.25) is 4.98 Å². The third kappa shape index (κ3) is 3.44. The van der Waals surface area contributed by atoms with Gasteiger partial charge in [0.15, 0.2) is 5.75 Å². The summed E-state index contributed by atoms with van der Waals surface area (Å²) < 4.78 is 70.3. The van der Waals surface area contributed by atoms with Crippen LogP contribution in [0.3, 0.4) is 0 Å². The van der Waals surface area contributed by atoms with Crippen molar-refractivity contribution in [3.05, 3.63) is 17.5 Å². The van der Waals surface area contributed by atoms with E-state index in [9.17, 15) is 22.0 Å². The van der Waals surface area contributed by atoms with Gasteiger partial charge in [-0.2, -0.15) is 0 Å². The molecule has 1 rings (SSSR count). The van der Waals surface area contributed by atoms with Crippen molar-refractivity contribution in [1.29, 1.82) is 0 Å². The van der Waals surface area contributed by atoms with E-state index >= 15 is 0 Å². The maximum Gasteiger partial charge on any atom is 0.573 e. The van der Waals surface area contributed by atoms with E-state index in [0.29, 0.717) is 0 Å². The second kappa shape index (κ2) is 5.68. The summed E-state index contributed by atoms with van der Waals surface area (Å²) in [6.45, 7) is 0. The summed E-state index contributed by atoms with van der Waals surface area (Å²) in [6, 6.07) is 0. The monoisotopic (exact) mass is 335 g/mol. The number of hydrogen-bond acceptors (Lipinski definition) is 3. The zero-order valence-corrected chi connectivity index (χ0v) is 10.5. The molecule has 0 aromatic carbocycles. The molecule has 0 radical (unpaired) electrons. The van der Waals surface area contributed by atoms with Crippen LogP contribution in [0.4, 0.5) is 22.0 Å². The third-order valence-electron chi connectivity index (χ3n) is 1.89. The van der Waals surface area contributed by atoms with E-state index in [-0.39, 0.29) is 11.0 Å². The highest BCUT2D eigenvalue weighted by Crippen LogP contribution is 2.41. The van der Waals surface area contributed by atoms with Crippen LogP contribution < -0.4 is 9.47 Å². The van der Waals surface area contributed by atoms with Crippen LogP contribution in [-0.4, -0.2) is 18.5 Å². The predicted molar refractivity (Wildman–Crippen MR) is 55.1 cm³/mol. The largest absolute Gasteiger partial charge is 0.573 e. The van der Waals surface area contributed by atoms with Crippen molar-refractivity contribution in [2.45, 2.75) is 18.1 Å². The van der Waals surface area contributed by atoms with Gasteiger partial charge in [-0.25, -0.2) is 8.78 Å². The smallest absolute Gasteiger partial charge is 0.494 e. The first-order valence-electron chi connectivity index (χ1n) is 4.45. The highest BCUT2D eigenvalue weighted by Gasteiger charge is 2.36. The standard InChI is InChI=1S/C9H7BrF5NO2/c1-17-5-3-16-4(2-10)7(6(5)8(11)12)18-9(13,14)15/h3,8H,2H2,1H3. The average molecular weight is 336 g/mol. The van der Waals surface area contributed by atoms with E-state index < -0.39 is 29.9 Å². The Bertz CT molecular complexity index is 424. The number of ether oxygens (including phenoxy) is 2. The molecule has 9 heteroatoms. The van der Waals surface area contributed by atoms with Crippen LogP contribution in [0.25, 0.3) is 0 Å². The number of halogens is 6. The minimum absolute atomic E-state index is 0.165. The number of rotatable bonds is 4. The lowest BCUT2D eigenvalue weighted by Crippen LogP contribution is -2.20. The van der Waals surface area contributed by atoms with Crippen LogP contribution in [-0.2, 0) is 5.33 Å². The summed E-state index contributed by atoms with van der Waals surface area (Å²) in [5.41, 5.74) is -1.26. The van der Waals surface area contributed by atoms with Crippen LogP contribution in [0.15, 0.2) is 6.20 Å². The van der Waals surface area contributed by atoms with Crippen LogP contribution in [0.5, 0.6) is 11.5 Å². The second-order valence-corrected chi connectivity index (χ2v) is 3.56. The van der Waals surface area contributed by atoms with Gasteiger partial charge >= 0.3 is 6.36 Å². The Morgan fingerprint density at radius 3 is 2.39 bits per heavy atom. The zero-order valence-electron chi connectivity index (χ0n) is 8.89. The maximum atomic E-state index is 12.8. The van der Waals surface area contributed by atoms with E-state index in [1.54, 1.807) is 0 Å². The minimum atomic E-state index is -5.09. The number of methoxy groups -OCH3 is 1. The summed E-state index contributed by atoms with van der Waals surface area (Å²) in [4.78, 5) is 3.56. The van der Waals surface area contributed by atoms with Gasteiger partial charge in [0.25, 0.3) is 6.43 Å². The topological polar surface area (TPSA) is 31.4 Å². The lowest BCUT2D eigenvalue weighted by atomic mass is 10.2. The Hall–Kier alpha value is -1.12. The van der Waals surface area contributed by atoms with E-state index in [2.05, 4.69) is 30.4 Å². The first-order chi connectivity index (χ1) is 8.30. The molecule has 0 saturated heterocycles. The molecule has 0 aliphatic heterocycles. The van der Waals surface area contributed by atoms with E-state index in [1.165, 1.54) is 0 Å². The Balaban J connectivity index is 3.40. The van der Waals surface area contributed by atoms with Gasteiger partial charge in [-0.05, 0) is 0 Å². The van der Waals surface area contributed by atoms with Gasteiger partial charge in [0.1, 0.15) is 11.3 Å². The van der Waals surface area contributed by atoms with E-state index in [1.807, 2.05) is 0 Å². The van der Waals surface area contributed by atoms with Crippen LogP contribution >= 0.6 is 15.9 Å². The molecular weight excluding hydrogens is 329 g/mol. The molecule has 3 nitrogen and oxygen atoms in total. The maximum absolute atomic E-state index is 12.8. The lowest BCUT2D eigenvalue weighted by Gasteiger charge is -2.17. The Labute approximate surface area is 107 Å². The highest BCUT2D eigenvalue weighted by molar-refractivity contribution is 9.08. The molecule has 0 spiro atoms. The Morgan fingerprint density at radius 1 is 1.39 bits per heavy atom. The molecule has 0 fully saturated rings. The zero-order chi connectivity index (χ0) is 13.9. The van der Waals surface area contributed by atoms with Gasteiger partial charge in [-0.15, -0.1) is 13.2 Å².